The summed E-state index contributed by atoms with van der Waals surface area (Å²) in [5, 5.41) is 8.70. The lowest BCUT2D eigenvalue weighted by molar-refractivity contribution is -0.137. The lowest BCUT2D eigenvalue weighted by Gasteiger charge is -2.01. The maximum atomic E-state index is 13.3. The van der Waals surface area contributed by atoms with E-state index in [0.717, 1.165) is 18.2 Å². The smallest absolute Gasteiger partial charge is 0.348 e. The van der Waals surface area contributed by atoms with Gasteiger partial charge in [-0.05, 0) is 25.1 Å². The van der Waals surface area contributed by atoms with Crippen LogP contribution in [0.4, 0.5) is 8.78 Å². The number of carbonyl (C=O) groups is 1. The molecule has 3 nitrogen and oxygen atoms in total. The Morgan fingerprint density at radius 3 is 2.53 bits per heavy atom. The minimum atomic E-state index is -0.905. The molecule has 0 bridgehead atoms. The molecule has 0 radical (unpaired) electrons. The summed E-state index contributed by atoms with van der Waals surface area (Å²) in [6.45, 7) is 1.65. The van der Waals surface area contributed by atoms with Crippen molar-refractivity contribution in [2.24, 2.45) is 0 Å². The van der Waals surface area contributed by atoms with Crippen molar-refractivity contribution >= 4 is 12.0 Å². The molecule has 0 N–H and O–H groups in total. The van der Waals surface area contributed by atoms with Gasteiger partial charge >= 0.3 is 5.97 Å². The molecule has 1 aromatic rings. The molecule has 1 aromatic carbocycles. The Kier molecular flexibility index (Phi) is 4.35. The van der Waals surface area contributed by atoms with Crippen molar-refractivity contribution < 1.29 is 18.3 Å². The number of halogens is 2. The van der Waals surface area contributed by atoms with Crippen LogP contribution in [0.1, 0.15) is 12.5 Å². The fraction of sp³-hybridized carbons (Fsp3) is 0.167. The molecule has 0 heterocycles. The number of esters is 1. The minimum absolute atomic E-state index is 0.0810. The Morgan fingerprint density at radius 1 is 1.47 bits per heavy atom. The Bertz CT molecular complexity index is 483. The van der Waals surface area contributed by atoms with Crippen molar-refractivity contribution in [3.63, 3.8) is 0 Å². The maximum Gasteiger partial charge on any atom is 0.348 e. The van der Waals surface area contributed by atoms with Crippen LogP contribution in [0.2, 0.25) is 0 Å². The normalized spacial score (nSPS) is 10.8. The van der Waals surface area contributed by atoms with Crippen molar-refractivity contribution in [2.45, 2.75) is 6.92 Å². The summed E-state index contributed by atoms with van der Waals surface area (Å²) >= 11 is 0. The number of benzene rings is 1. The lowest BCUT2D eigenvalue weighted by atomic mass is 10.1. The molecule has 88 valence electrons. The quantitative estimate of drug-likeness (QED) is 0.461. The summed E-state index contributed by atoms with van der Waals surface area (Å²) in [6, 6.07) is 4.81. The summed E-state index contributed by atoms with van der Waals surface area (Å²) < 4.78 is 31.1. The summed E-state index contributed by atoms with van der Waals surface area (Å²) in [6.07, 6.45) is 0.836. The van der Waals surface area contributed by atoms with Crippen molar-refractivity contribution in [3.8, 4) is 6.07 Å². The SMILES string of the molecule is CCOC(=O)/C(C#N)=C\c1c(F)cccc1F. The fourth-order valence-corrected chi connectivity index (χ4v) is 1.14. The second kappa shape index (κ2) is 5.75. The molecule has 0 saturated heterocycles. The van der Waals surface area contributed by atoms with Gasteiger partial charge in [-0.15, -0.1) is 0 Å². The van der Waals surface area contributed by atoms with Crippen molar-refractivity contribution in [1.82, 2.24) is 0 Å². The van der Waals surface area contributed by atoms with E-state index in [4.69, 9.17) is 5.26 Å². The van der Waals surface area contributed by atoms with Crippen LogP contribution in [0.3, 0.4) is 0 Å². The van der Waals surface area contributed by atoms with Crippen LogP contribution in [-0.4, -0.2) is 12.6 Å². The number of hydrogen-bond acceptors (Lipinski definition) is 3. The molecule has 0 aliphatic heterocycles. The van der Waals surface area contributed by atoms with Gasteiger partial charge in [0.05, 0.1) is 6.61 Å². The number of carbonyl (C=O) groups excluding carboxylic acids is 1. The van der Waals surface area contributed by atoms with Crippen LogP contribution < -0.4 is 0 Å². The van der Waals surface area contributed by atoms with E-state index in [2.05, 4.69) is 4.74 Å². The molecular weight excluding hydrogens is 228 g/mol. The van der Waals surface area contributed by atoms with E-state index in [0.29, 0.717) is 0 Å². The van der Waals surface area contributed by atoms with Gasteiger partial charge in [-0.1, -0.05) is 6.07 Å². The van der Waals surface area contributed by atoms with Gasteiger partial charge in [0.1, 0.15) is 23.3 Å². The Balaban J connectivity index is 3.16. The van der Waals surface area contributed by atoms with Crippen molar-refractivity contribution in [1.29, 1.82) is 5.26 Å². The number of rotatable bonds is 3. The van der Waals surface area contributed by atoms with E-state index in [9.17, 15) is 13.6 Å². The molecule has 1 rings (SSSR count). The molecule has 0 aliphatic carbocycles. The second-order valence-electron chi connectivity index (χ2n) is 3.03. The molecular formula is C12H9F2NO2. The van der Waals surface area contributed by atoms with E-state index < -0.39 is 28.7 Å². The molecule has 5 heteroatoms. The number of nitrogens with zero attached hydrogens (tertiary/aromatic N) is 1. The van der Waals surface area contributed by atoms with Crippen LogP contribution >= 0.6 is 0 Å². The molecule has 0 saturated carbocycles. The highest BCUT2D eigenvalue weighted by Gasteiger charge is 2.13. The fourth-order valence-electron chi connectivity index (χ4n) is 1.14. The van der Waals surface area contributed by atoms with Gasteiger partial charge in [-0.25, -0.2) is 13.6 Å². The zero-order chi connectivity index (χ0) is 12.8. The highest BCUT2D eigenvalue weighted by molar-refractivity contribution is 5.97. The molecule has 0 unspecified atom stereocenters. The van der Waals surface area contributed by atoms with Crippen LogP contribution in [0.25, 0.3) is 6.08 Å². The summed E-state index contributed by atoms with van der Waals surface area (Å²) in [7, 11) is 0. The number of ether oxygens (including phenoxy) is 1. The highest BCUT2D eigenvalue weighted by atomic mass is 19.1. The van der Waals surface area contributed by atoms with Crippen molar-refractivity contribution in [3.05, 3.63) is 41.0 Å². The second-order valence-corrected chi connectivity index (χ2v) is 3.03. The van der Waals surface area contributed by atoms with E-state index in [1.807, 2.05) is 0 Å². The monoisotopic (exact) mass is 237 g/mol. The van der Waals surface area contributed by atoms with Gasteiger partial charge < -0.3 is 4.74 Å². The topological polar surface area (TPSA) is 50.1 Å². The molecule has 17 heavy (non-hydrogen) atoms. The van der Waals surface area contributed by atoms with Crippen LogP contribution in [0.15, 0.2) is 23.8 Å². The van der Waals surface area contributed by atoms with E-state index in [-0.39, 0.29) is 6.61 Å². The molecule has 0 fully saturated rings. The van der Waals surface area contributed by atoms with Gasteiger partial charge in [-0.3, -0.25) is 0 Å². The molecule has 0 aromatic heterocycles. The first-order chi connectivity index (χ1) is 8.10. The number of nitriles is 1. The largest absolute Gasteiger partial charge is 0.462 e. The first-order valence-electron chi connectivity index (χ1n) is 4.83. The third kappa shape index (κ3) is 3.11. The third-order valence-electron chi connectivity index (χ3n) is 1.90. The minimum Gasteiger partial charge on any atom is -0.462 e. The first-order valence-corrected chi connectivity index (χ1v) is 4.83. The summed E-state index contributed by atoms with van der Waals surface area (Å²) in [5.74, 6) is -2.60. The Labute approximate surface area is 96.9 Å². The third-order valence-corrected chi connectivity index (χ3v) is 1.90. The highest BCUT2D eigenvalue weighted by Crippen LogP contribution is 2.16. The Hall–Kier alpha value is -2.22. The summed E-state index contributed by atoms with van der Waals surface area (Å²) in [5.41, 5.74) is -0.882. The lowest BCUT2D eigenvalue weighted by Crippen LogP contribution is -2.06. The molecule has 0 atom stereocenters. The van der Waals surface area contributed by atoms with Crippen LogP contribution in [-0.2, 0) is 9.53 Å². The van der Waals surface area contributed by atoms with Gasteiger partial charge in [-0.2, -0.15) is 5.26 Å². The van der Waals surface area contributed by atoms with Crippen LogP contribution in [0, 0.1) is 23.0 Å². The van der Waals surface area contributed by atoms with Gasteiger partial charge in [0.2, 0.25) is 0 Å². The predicted molar refractivity (Wildman–Crippen MR) is 56.6 cm³/mol. The van der Waals surface area contributed by atoms with Gasteiger partial charge in [0.15, 0.2) is 0 Å². The van der Waals surface area contributed by atoms with Gasteiger partial charge in [0, 0.05) is 5.56 Å². The van der Waals surface area contributed by atoms with Gasteiger partial charge in [0.25, 0.3) is 0 Å². The predicted octanol–water partition coefficient (Wildman–Crippen LogP) is 2.43. The van der Waals surface area contributed by atoms with E-state index in [1.165, 1.54) is 6.07 Å². The molecule has 0 aliphatic rings. The van der Waals surface area contributed by atoms with Crippen molar-refractivity contribution in [2.75, 3.05) is 6.61 Å². The number of hydrogen-bond donors (Lipinski definition) is 0. The van der Waals surface area contributed by atoms with E-state index in [1.54, 1.807) is 13.0 Å². The molecule has 0 spiro atoms. The summed E-state index contributed by atoms with van der Waals surface area (Å²) in [4.78, 5) is 11.2. The standard InChI is InChI=1S/C12H9F2NO2/c1-2-17-12(16)8(7-15)6-9-10(13)4-3-5-11(9)14/h3-6H,2H2,1H3/b8-6-. The Morgan fingerprint density at radius 2 is 2.06 bits per heavy atom. The zero-order valence-electron chi connectivity index (χ0n) is 9.04. The van der Waals surface area contributed by atoms with E-state index >= 15 is 0 Å². The first kappa shape index (κ1) is 12.8. The molecule has 0 amide bonds. The van der Waals surface area contributed by atoms with Crippen LogP contribution in [0.5, 0.6) is 0 Å². The maximum absolute atomic E-state index is 13.3. The average Bonchev–Trinajstić information content (AvgIpc) is 2.29. The average molecular weight is 237 g/mol. The zero-order valence-corrected chi connectivity index (χ0v) is 9.04.